The summed E-state index contributed by atoms with van der Waals surface area (Å²) in [7, 11) is 0. The SMILES string of the molecule is C=CN(C=C)C(O)CC. The quantitative estimate of drug-likeness (QED) is 0.575. The molecule has 0 aromatic heterocycles. The van der Waals surface area contributed by atoms with Gasteiger partial charge in [-0.2, -0.15) is 0 Å². The molecule has 52 valence electrons. The van der Waals surface area contributed by atoms with Crippen molar-refractivity contribution < 1.29 is 5.11 Å². The van der Waals surface area contributed by atoms with E-state index in [1.165, 1.54) is 0 Å². The molecule has 0 radical (unpaired) electrons. The van der Waals surface area contributed by atoms with Crippen molar-refractivity contribution in [3.63, 3.8) is 0 Å². The molecule has 0 aliphatic carbocycles. The van der Waals surface area contributed by atoms with Gasteiger partial charge in [-0.3, -0.25) is 0 Å². The first kappa shape index (κ1) is 8.24. The molecule has 0 rings (SSSR count). The van der Waals surface area contributed by atoms with Gasteiger partial charge in [-0.05, 0) is 18.8 Å². The van der Waals surface area contributed by atoms with Crippen LogP contribution in [-0.4, -0.2) is 16.2 Å². The van der Waals surface area contributed by atoms with Crippen LogP contribution in [-0.2, 0) is 0 Å². The minimum Gasteiger partial charge on any atom is -0.373 e. The molecule has 1 atom stereocenters. The van der Waals surface area contributed by atoms with Crippen molar-refractivity contribution in [2.24, 2.45) is 0 Å². The van der Waals surface area contributed by atoms with E-state index in [1.54, 1.807) is 17.3 Å². The third-order valence-electron chi connectivity index (χ3n) is 1.13. The summed E-state index contributed by atoms with van der Waals surface area (Å²) in [6.45, 7) is 8.88. The molecule has 0 amide bonds. The van der Waals surface area contributed by atoms with Gasteiger partial charge in [0.1, 0.15) is 6.23 Å². The summed E-state index contributed by atoms with van der Waals surface area (Å²) in [5.74, 6) is 0. The normalized spacial score (nSPS) is 12.2. The molecule has 1 N–H and O–H groups in total. The Morgan fingerprint density at radius 1 is 1.56 bits per heavy atom. The van der Waals surface area contributed by atoms with E-state index in [9.17, 15) is 0 Å². The zero-order valence-corrected chi connectivity index (χ0v) is 5.75. The van der Waals surface area contributed by atoms with Crippen LogP contribution in [0.5, 0.6) is 0 Å². The molecule has 0 aromatic rings. The van der Waals surface area contributed by atoms with Gasteiger partial charge in [0.25, 0.3) is 0 Å². The lowest BCUT2D eigenvalue weighted by atomic mass is 10.4. The van der Waals surface area contributed by atoms with Crippen molar-refractivity contribution in [2.75, 3.05) is 0 Å². The molecule has 2 heteroatoms. The molecule has 2 nitrogen and oxygen atoms in total. The number of rotatable bonds is 4. The Morgan fingerprint density at radius 2 is 2.00 bits per heavy atom. The topological polar surface area (TPSA) is 23.5 Å². The van der Waals surface area contributed by atoms with Gasteiger partial charge in [0.15, 0.2) is 0 Å². The molecule has 0 aliphatic heterocycles. The Kier molecular flexibility index (Phi) is 3.80. The summed E-state index contributed by atoms with van der Waals surface area (Å²) in [6.07, 6.45) is 3.29. The summed E-state index contributed by atoms with van der Waals surface area (Å²) < 4.78 is 0. The molecular formula is C7H13NO. The maximum atomic E-state index is 9.10. The average molecular weight is 127 g/mol. The zero-order chi connectivity index (χ0) is 7.28. The third-order valence-corrected chi connectivity index (χ3v) is 1.13. The molecule has 0 bridgehead atoms. The van der Waals surface area contributed by atoms with E-state index in [-0.39, 0.29) is 0 Å². The molecule has 0 spiro atoms. The second-order valence-electron chi connectivity index (χ2n) is 1.70. The summed E-state index contributed by atoms with van der Waals surface area (Å²) in [4.78, 5) is 1.56. The Balaban J connectivity index is 3.77. The van der Waals surface area contributed by atoms with E-state index in [2.05, 4.69) is 13.2 Å². The molecule has 0 saturated carbocycles. The van der Waals surface area contributed by atoms with Gasteiger partial charge in [-0.1, -0.05) is 20.1 Å². The highest BCUT2D eigenvalue weighted by atomic mass is 16.3. The zero-order valence-electron chi connectivity index (χ0n) is 5.75. The first-order valence-electron chi connectivity index (χ1n) is 2.96. The number of nitrogens with zero attached hydrogens (tertiary/aromatic N) is 1. The van der Waals surface area contributed by atoms with Gasteiger partial charge < -0.3 is 10.0 Å². The van der Waals surface area contributed by atoms with Crippen molar-refractivity contribution in [1.29, 1.82) is 0 Å². The van der Waals surface area contributed by atoms with Crippen LogP contribution in [0.2, 0.25) is 0 Å². The second kappa shape index (κ2) is 4.15. The lowest BCUT2D eigenvalue weighted by Gasteiger charge is -2.19. The van der Waals surface area contributed by atoms with Crippen molar-refractivity contribution in [3.05, 3.63) is 25.6 Å². The fourth-order valence-electron chi connectivity index (χ4n) is 0.529. The number of aliphatic hydroxyl groups is 1. The average Bonchev–Trinajstić information content (AvgIpc) is 1.90. The molecule has 0 fully saturated rings. The highest BCUT2D eigenvalue weighted by Gasteiger charge is 2.02. The minimum absolute atomic E-state index is 0.472. The third kappa shape index (κ3) is 2.33. The van der Waals surface area contributed by atoms with E-state index >= 15 is 0 Å². The Hall–Kier alpha value is -0.760. The largest absolute Gasteiger partial charge is 0.373 e. The van der Waals surface area contributed by atoms with Gasteiger partial charge >= 0.3 is 0 Å². The lowest BCUT2D eigenvalue weighted by Crippen LogP contribution is -2.23. The number of hydrogen-bond acceptors (Lipinski definition) is 2. The highest BCUT2D eigenvalue weighted by molar-refractivity contribution is 4.81. The predicted molar refractivity (Wildman–Crippen MR) is 38.5 cm³/mol. The van der Waals surface area contributed by atoms with E-state index in [1.807, 2.05) is 6.92 Å². The van der Waals surface area contributed by atoms with Gasteiger partial charge in [0, 0.05) is 0 Å². The van der Waals surface area contributed by atoms with E-state index < -0.39 is 6.23 Å². The van der Waals surface area contributed by atoms with Gasteiger partial charge in [0.05, 0.1) is 0 Å². The van der Waals surface area contributed by atoms with Crippen LogP contribution in [0.3, 0.4) is 0 Å². The molecule has 1 unspecified atom stereocenters. The first-order chi connectivity index (χ1) is 4.26. The van der Waals surface area contributed by atoms with Gasteiger partial charge in [0.2, 0.25) is 0 Å². The molecule has 0 aliphatic rings. The maximum Gasteiger partial charge on any atom is 0.129 e. The van der Waals surface area contributed by atoms with Gasteiger partial charge in [-0.15, -0.1) is 0 Å². The summed E-state index contributed by atoms with van der Waals surface area (Å²) in [5.41, 5.74) is 0. The Morgan fingerprint density at radius 3 is 2.11 bits per heavy atom. The molecule has 0 aromatic carbocycles. The standard InChI is InChI=1S/C7H13NO/c1-4-7(9)8(5-2)6-3/h5-7,9H,2-4H2,1H3. The lowest BCUT2D eigenvalue weighted by molar-refractivity contribution is 0.0657. The highest BCUT2D eigenvalue weighted by Crippen LogP contribution is 1.99. The van der Waals surface area contributed by atoms with Crippen molar-refractivity contribution >= 4 is 0 Å². The van der Waals surface area contributed by atoms with E-state index in [4.69, 9.17) is 5.11 Å². The van der Waals surface area contributed by atoms with Crippen LogP contribution < -0.4 is 0 Å². The van der Waals surface area contributed by atoms with Crippen LogP contribution in [0.25, 0.3) is 0 Å². The predicted octanol–water partition coefficient (Wildman–Crippen LogP) is 1.30. The van der Waals surface area contributed by atoms with Crippen molar-refractivity contribution in [3.8, 4) is 0 Å². The summed E-state index contributed by atoms with van der Waals surface area (Å²) in [5, 5.41) is 9.10. The van der Waals surface area contributed by atoms with E-state index in [0.717, 1.165) is 0 Å². The fraction of sp³-hybridized carbons (Fsp3) is 0.429. The fourth-order valence-corrected chi connectivity index (χ4v) is 0.529. The molecular weight excluding hydrogens is 114 g/mol. The van der Waals surface area contributed by atoms with Gasteiger partial charge in [-0.25, -0.2) is 0 Å². The molecule has 0 heterocycles. The Labute approximate surface area is 56.1 Å². The second-order valence-corrected chi connectivity index (χ2v) is 1.70. The smallest absolute Gasteiger partial charge is 0.129 e. The number of hydrogen-bond donors (Lipinski definition) is 1. The van der Waals surface area contributed by atoms with Crippen molar-refractivity contribution in [2.45, 2.75) is 19.6 Å². The van der Waals surface area contributed by atoms with Crippen LogP contribution >= 0.6 is 0 Å². The van der Waals surface area contributed by atoms with Crippen LogP contribution in [0.1, 0.15) is 13.3 Å². The Bertz CT molecular complexity index is 93.1. The van der Waals surface area contributed by atoms with Crippen LogP contribution in [0, 0.1) is 0 Å². The van der Waals surface area contributed by atoms with Crippen LogP contribution in [0.15, 0.2) is 25.6 Å². The van der Waals surface area contributed by atoms with E-state index in [0.29, 0.717) is 6.42 Å². The number of aliphatic hydroxyl groups excluding tert-OH is 1. The van der Waals surface area contributed by atoms with Crippen LogP contribution in [0.4, 0.5) is 0 Å². The van der Waals surface area contributed by atoms with Crippen molar-refractivity contribution in [1.82, 2.24) is 4.90 Å². The first-order valence-corrected chi connectivity index (χ1v) is 2.96. The molecule has 0 saturated heterocycles. The minimum atomic E-state index is -0.472. The maximum absolute atomic E-state index is 9.10. The molecule has 9 heavy (non-hydrogen) atoms. The monoisotopic (exact) mass is 127 g/mol. The summed E-state index contributed by atoms with van der Waals surface area (Å²) >= 11 is 0. The summed E-state index contributed by atoms with van der Waals surface area (Å²) in [6, 6.07) is 0.